The van der Waals surface area contributed by atoms with Crippen molar-refractivity contribution in [1.82, 2.24) is 14.4 Å². The Labute approximate surface area is 146 Å². The number of rotatable bonds is 3. The third-order valence-corrected chi connectivity index (χ3v) is 4.50. The summed E-state index contributed by atoms with van der Waals surface area (Å²) in [4.78, 5) is 21.3. The molecule has 1 amide bonds. The molecule has 1 aliphatic rings. The number of hydrogen-bond acceptors (Lipinski definition) is 4. The summed E-state index contributed by atoms with van der Waals surface area (Å²) in [6.45, 7) is -0.0280. The first-order valence-electron chi connectivity index (χ1n) is 7.92. The highest BCUT2D eigenvalue weighted by Crippen LogP contribution is 2.38. The van der Waals surface area contributed by atoms with Crippen molar-refractivity contribution >= 4 is 17.4 Å². The van der Waals surface area contributed by atoms with Gasteiger partial charge in [-0.3, -0.25) is 9.20 Å². The molecule has 1 aromatic carbocycles. The number of carbonyl (C=O) groups excluding carboxylic acids is 1. The average Bonchev–Trinajstić information content (AvgIpc) is 3.19. The monoisotopic (exact) mass is 361 g/mol. The molecule has 3 heterocycles. The predicted octanol–water partition coefficient (Wildman–Crippen LogP) is 2.40. The van der Waals surface area contributed by atoms with Crippen LogP contribution in [-0.4, -0.2) is 33.0 Å². The van der Waals surface area contributed by atoms with E-state index in [0.717, 1.165) is 18.2 Å². The molecule has 1 aliphatic heterocycles. The quantitative estimate of drug-likeness (QED) is 0.777. The van der Waals surface area contributed by atoms with Gasteiger partial charge in [0.15, 0.2) is 5.65 Å². The van der Waals surface area contributed by atoms with Gasteiger partial charge in [0, 0.05) is 12.0 Å². The zero-order valence-electron chi connectivity index (χ0n) is 13.4. The molecule has 1 fully saturated rings. The van der Waals surface area contributed by atoms with Crippen molar-refractivity contribution < 1.29 is 18.0 Å². The van der Waals surface area contributed by atoms with E-state index >= 15 is 0 Å². The molecule has 0 saturated carbocycles. The number of nitrogens with two attached hydrogens (primary N) is 1. The number of anilines is 1. The van der Waals surface area contributed by atoms with E-state index in [0.29, 0.717) is 11.5 Å². The maximum atomic E-state index is 14.2. The summed E-state index contributed by atoms with van der Waals surface area (Å²) in [7, 11) is 0. The van der Waals surface area contributed by atoms with Crippen molar-refractivity contribution in [2.24, 2.45) is 5.73 Å². The van der Waals surface area contributed by atoms with Crippen LogP contribution in [0.3, 0.4) is 0 Å². The maximum Gasteiger partial charge on any atom is 0.267 e. The molecule has 4 rings (SSSR count). The number of primary amides is 1. The number of benzene rings is 1. The molecular formula is C17H14F3N5O. The minimum absolute atomic E-state index is 0.00664. The molecule has 134 valence electrons. The molecule has 0 aliphatic carbocycles. The lowest BCUT2D eigenvalue weighted by Crippen LogP contribution is -2.26. The van der Waals surface area contributed by atoms with Crippen LogP contribution in [-0.2, 0) is 0 Å². The second-order valence-electron chi connectivity index (χ2n) is 6.15. The summed E-state index contributed by atoms with van der Waals surface area (Å²) in [5.41, 5.74) is 5.92. The van der Waals surface area contributed by atoms with Crippen LogP contribution in [0.5, 0.6) is 0 Å². The molecule has 2 aromatic heterocycles. The van der Waals surface area contributed by atoms with E-state index in [1.165, 1.54) is 23.0 Å². The Hall–Kier alpha value is -3.10. The molecule has 6 nitrogen and oxygen atoms in total. The molecule has 2 N–H and O–H groups in total. The van der Waals surface area contributed by atoms with Gasteiger partial charge in [0.25, 0.3) is 5.91 Å². The topological polar surface area (TPSA) is 76.5 Å². The zero-order valence-corrected chi connectivity index (χ0v) is 13.4. The van der Waals surface area contributed by atoms with Crippen LogP contribution in [0.4, 0.5) is 19.0 Å². The Morgan fingerprint density at radius 3 is 2.81 bits per heavy atom. The van der Waals surface area contributed by atoms with Crippen LogP contribution < -0.4 is 10.6 Å². The van der Waals surface area contributed by atoms with Gasteiger partial charge in [-0.15, -0.1) is 0 Å². The molecule has 0 spiro atoms. The molecule has 3 aromatic rings. The number of halogens is 3. The van der Waals surface area contributed by atoms with Crippen LogP contribution in [0.1, 0.15) is 28.5 Å². The summed E-state index contributed by atoms with van der Waals surface area (Å²) in [6, 6.07) is 2.38. The molecule has 2 atom stereocenters. The Balaban J connectivity index is 1.80. The molecule has 26 heavy (non-hydrogen) atoms. The van der Waals surface area contributed by atoms with Gasteiger partial charge >= 0.3 is 0 Å². The average molecular weight is 361 g/mol. The summed E-state index contributed by atoms with van der Waals surface area (Å²) in [5.74, 6) is -1.58. The van der Waals surface area contributed by atoms with Gasteiger partial charge in [-0.05, 0) is 18.2 Å². The summed E-state index contributed by atoms with van der Waals surface area (Å²) < 4.78 is 43.3. The lowest BCUT2D eigenvalue weighted by Gasteiger charge is -2.26. The van der Waals surface area contributed by atoms with Gasteiger partial charge in [0.05, 0.1) is 31.2 Å². The van der Waals surface area contributed by atoms with Crippen LogP contribution in [0, 0.1) is 11.6 Å². The Kier molecular flexibility index (Phi) is 3.78. The number of nitrogens with zero attached hydrogens (tertiary/aromatic N) is 4. The fourth-order valence-electron chi connectivity index (χ4n) is 3.31. The Morgan fingerprint density at radius 2 is 2.04 bits per heavy atom. The third-order valence-electron chi connectivity index (χ3n) is 4.50. The van der Waals surface area contributed by atoms with Crippen molar-refractivity contribution in [2.75, 3.05) is 11.4 Å². The van der Waals surface area contributed by atoms with Gasteiger partial charge in [0.1, 0.15) is 29.3 Å². The van der Waals surface area contributed by atoms with Gasteiger partial charge in [-0.1, -0.05) is 0 Å². The lowest BCUT2D eigenvalue weighted by atomic mass is 10.0. The number of carbonyl (C=O) groups is 1. The molecule has 0 unspecified atom stereocenters. The summed E-state index contributed by atoms with van der Waals surface area (Å²) in [5, 5.41) is 0. The lowest BCUT2D eigenvalue weighted by molar-refractivity contribution is 0.0994. The Morgan fingerprint density at radius 1 is 1.23 bits per heavy atom. The van der Waals surface area contributed by atoms with E-state index in [1.807, 2.05) is 0 Å². The first kappa shape index (κ1) is 16.4. The number of fused-ring (bicyclic) bond motifs is 1. The highest BCUT2D eigenvalue weighted by Gasteiger charge is 2.36. The third kappa shape index (κ3) is 2.65. The van der Waals surface area contributed by atoms with Crippen LogP contribution in [0.2, 0.25) is 0 Å². The normalized spacial score (nSPS) is 20.0. The van der Waals surface area contributed by atoms with Crippen molar-refractivity contribution in [3.8, 4) is 0 Å². The van der Waals surface area contributed by atoms with E-state index in [9.17, 15) is 18.0 Å². The zero-order chi connectivity index (χ0) is 18.4. The van der Waals surface area contributed by atoms with Gasteiger partial charge in [-0.25, -0.2) is 23.1 Å². The number of alkyl halides is 1. The fourth-order valence-corrected chi connectivity index (χ4v) is 3.31. The number of hydrogen-bond donors (Lipinski definition) is 1. The van der Waals surface area contributed by atoms with Crippen LogP contribution in [0.15, 0.2) is 36.8 Å². The number of aromatic nitrogens is 3. The molecule has 9 heteroatoms. The van der Waals surface area contributed by atoms with Gasteiger partial charge in [-0.2, -0.15) is 0 Å². The molecule has 0 bridgehead atoms. The van der Waals surface area contributed by atoms with E-state index < -0.39 is 29.8 Å². The number of imidazole rings is 1. The van der Waals surface area contributed by atoms with Gasteiger partial charge < -0.3 is 10.6 Å². The predicted molar refractivity (Wildman–Crippen MR) is 87.5 cm³/mol. The standard InChI is InChI=1S/C17H14F3N5O/c18-9-1-2-12(20)11(3-9)13-4-10(19)7-24(13)16-8-25-14(17(21)26)5-22-15(25)6-23-16/h1-3,5-6,8,10,13H,4,7H2,(H2,21,26)/t10-,13+/m0/s1. The van der Waals surface area contributed by atoms with Crippen molar-refractivity contribution in [3.05, 3.63) is 59.7 Å². The van der Waals surface area contributed by atoms with Crippen molar-refractivity contribution in [1.29, 1.82) is 0 Å². The highest BCUT2D eigenvalue weighted by molar-refractivity contribution is 5.91. The van der Waals surface area contributed by atoms with Crippen LogP contribution in [0.25, 0.3) is 5.65 Å². The van der Waals surface area contributed by atoms with E-state index in [4.69, 9.17) is 5.73 Å². The van der Waals surface area contributed by atoms with E-state index in [1.54, 1.807) is 4.90 Å². The summed E-state index contributed by atoms with van der Waals surface area (Å²) >= 11 is 0. The van der Waals surface area contributed by atoms with Crippen molar-refractivity contribution in [3.63, 3.8) is 0 Å². The van der Waals surface area contributed by atoms with E-state index in [-0.39, 0.29) is 24.2 Å². The number of amides is 1. The second-order valence-corrected chi connectivity index (χ2v) is 6.15. The minimum Gasteiger partial charge on any atom is -0.364 e. The minimum atomic E-state index is -1.22. The first-order chi connectivity index (χ1) is 12.4. The molecular weight excluding hydrogens is 347 g/mol. The first-order valence-corrected chi connectivity index (χ1v) is 7.92. The fraction of sp³-hybridized carbons (Fsp3) is 0.235. The Bertz CT molecular complexity index is 1010. The van der Waals surface area contributed by atoms with Crippen molar-refractivity contribution in [2.45, 2.75) is 18.6 Å². The SMILES string of the molecule is NC(=O)c1cnc2cnc(N3C[C@@H](F)C[C@@H]3c3cc(F)ccc3F)cn12. The largest absolute Gasteiger partial charge is 0.364 e. The van der Waals surface area contributed by atoms with Gasteiger partial charge in [0.2, 0.25) is 0 Å². The molecule has 1 saturated heterocycles. The molecule has 0 radical (unpaired) electrons. The van der Waals surface area contributed by atoms with Crippen LogP contribution >= 0.6 is 0 Å². The highest BCUT2D eigenvalue weighted by atomic mass is 19.1. The second kappa shape index (κ2) is 6.01. The maximum absolute atomic E-state index is 14.2. The van der Waals surface area contributed by atoms with E-state index in [2.05, 4.69) is 9.97 Å². The summed E-state index contributed by atoms with van der Waals surface area (Å²) in [6.07, 6.45) is 3.00. The smallest absolute Gasteiger partial charge is 0.267 e.